The molecule has 1 N–H and O–H groups in total. The van der Waals surface area contributed by atoms with Gasteiger partial charge in [-0.25, -0.2) is 0 Å². The summed E-state index contributed by atoms with van der Waals surface area (Å²) < 4.78 is 4.46. The average molecular weight is 246 g/mol. The summed E-state index contributed by atoms with van der Waals surface area (Å²) in [6.07, 6.45) is 7.35. The second-order valence-corrected chi connectivity index (χ2v) is 5.89. The summed E-state index contributed by atoms with van der Waals surface area (Å²) in [6.45, 7) is 0.639. The Morgan fingerprint density at radius 2 is 1.81 bits per heavy atom. The first-order chi connectivity index (χ1) is 7.71. The SMILES string of the molecule is COCCSC1(C(=O)O)CCCCCCC1. The Labute approximate surface area is 102 Å². The number of thioether (sulfide) groups is 1. The van der Waals surface area contributed by atoms with E-state index in [0.717, 1.165) is 31.4 Å². The van der Waals surface area contributed by atoms with E-state index in [-0.39, 0.29) is 0 Å². The minimum absolute atomic E-state index is 0.543. The van der Waals surface area contributed by atoms with E-state index in [9.17, 15) is 9.90 Å². The Balaban J connectivity index is 2.56. The third-order valence-electron chi connectivity index (χ3n) is 3.22. The van der Waals surface area contributed by atoms with E-state index >= 15 is 0 Å². The van der Waals surface area contributed by atoms with Crippen LogP contribution in [0.25, 0.3) is 0 Å². The number of methoxy groups -OCH3 is 1. The van der Waals surface area contributed by atoms with Gasteiger partial charge in [0.05, 0.1) is 6.61 Å². The van der Waals surface area contributed by atoms with Crippen LogP contribution in [0, 0.1) is 0 Å². The molecule has 16 heavy (non-hydrogen) atoms. The van der Waals surface area contributed by atoms with Crippen LogP contribution in [-0.4, -0.2) is 35.3 Å². The van der Waals surface area contributed by atoms with Crippen molar-refractivity contribution in [2.75, 3.05) is 19.5 Å². The molecule has 1 aliphatic rings. The number of hydrogen-bond acceptors (Lipinski definition) is 3. The van der Waals surface area contributed by atoms with Crippen molar-refractivity contribution in [3.05, 3.63) is 0 Å². The summed E-state index contributed by atoms with van der Waals surface area (Å²) in [5.41, 5.74) is 0. The third-order valence-corrected chi connectivity index (χ3v) is 4.72. The molecule has 1 saturated carbocycles. The lowest BCUT2D eigenvalue weighted by atomic mass is 9.90. The third kappa shape index (κ3) is 3.98. The fraction of sp³-hybridized carbons (Fsp3) is 0.917. The molecule has 4 heteroatoms. The molecule has 0 aromatic heterocycles. The molecule has 0 spiro atoms. The number of rotatable bonds is 5. The van der Waals surface area contributed by atoms with Gasteiger partial charge in [0.15, 0.2) is 0 Å². The molecular formula is C12H22O3S. The first kappa shape index (κ1) is 13.8. The van der Waals surface area contributed by atoms with E-state index in [1.807, 2.05) is 0 Å². The number of carbonyl (C=O) groups is 1. The second-order valence-electron chi connectivity index (χ2n) is 4.41. The van der Waals surface area contributed by atoms with Gasteiger partial charge in [0.2, 0.25) is 0 Å². The molecule has 0 aromatic rings. The topological polar surface area (TPSA) is 46.5 Å². The van der Waals surface area contributed by atoms with E-state index in [2.05, 4.69) is 0 Å². The van der Waals surface area contributed by atoms with E-state index in [1.165, 1.54) is 19.3 Å². The van der Waals surface area contributed by atoms with Crippen LogP contribution in [-0.2, 0) is 9.53 Å². The fourth-order valence-electron chi connectivity index (χ4n) is 2.22. The maximum Gasteiger partial charge on any atom is 0.319 e. The predicted octanol–water partition coefficient (Wildman–Crippen LogP) is 2.93. The molecular weight excluding hydrogens is 224 g/mol. The van der Waals surface area contributed by atoms with E-state index in [0.29, 0.717) is 6.61 Å². The summed E-state index contributed by atoms with van der Waals surface area (Å²) in [7, 11) is 1.66. The van der Waals surface area contributed by atoms with Gasteiger partial charge < -0.3 is 9.84 Å². The Morgan fingerprint density at radius 1 is 1.25 bits per heavy atom. The zero-order valence-corrected chi connectivity index (χ0v) is 10.9. The number of carboxylic acid groups (broad SMARTS) is 1. The highest BCUT2D eigenvalue weighted by molar-refractivity contribution is 8.01. The Bertz CT molecular complexity index is 210. The lowest BCUT2D eigenvalue weighted by Crippen LogP contribution is -2.36. The number of aliphatic carboxylic acids is 1. The van der Waals surface area contributed by atoms with Crippen molar-refractivity contribution in [1.29, 1.82) is 0 Å². The molecule has 3 nitrogen and oxygen atoms in total. The van der Waals surface area contributed by atoms with Gasteiger partial charge in [-0.05, 0) is 12.8 Å². The predicted molar refractivity (Wildman–Crippen MR) is 67.0 cm³/mol. The van der Waals surface area contributed by atoms with Gasteiger partial charge in [-0.15, -0.1) is 11.8 Å². The van der Waals surface area contributed by atoms with Crippen molar-refractivity contribution in [3.63, 3.8) is 0 Å². The smallest absolute Gasteiger partial charge is 0.319 e. The molecule has 0 unspecified atom stereocenters. The van der Waals surface area contributed by atoms with Crippen molar-refractivity contribution >= 4 is 17.7 Å². The van der Waals surface area contributed by atoms with Crippen LogP contribution in [0.4, 0.5) is 0 Å². The Hall–Kier alpha value is -0.220. The Kier molecular flexibility index (Phi) is 6.21. The second kappa shape index (κ2) is 7.17. The molecule has 94 valence electrons. The molecule has 0 aromatic carbocycles. The molecule has 0 atom stereocenters. The summed E-state index contributed by atoms with van der Waals surface area (Å²) >= 11 is 1.58. The molecule has 0 aliphatic heterocycles. The van der Waals surface area contributed by atoms with E-state index in [4.69, 9.17) is 4.74 Å². The van der Waals surface area contributed by atoms with Gasteiger partial charge >= 0.3 is 5.97 Å². The minimum atomic E-state index is -0.629. The molecule has 0 saturated heterocycles. The van der Waals surface area contributed by atoms with Crippen molar-refractivity contribution < 1.29 is 14.6 Å². The van der Waals surface area contributed by atoms with Crippen LogP contribution in [0.5, 0.6) is 0 Å². The zero-order chi connectivity index (χ0) is 11.9. The average Bonchev–Trinajstić information content (AvgIpc) is 2.21. The van der Waals surface area contributed by atoms with E-state index < -0.39 is 10.7 Å². The van der Waals surface area contributed by atoms with Gasteiger partial charge in [-0.1, -0.05) is 32.1 Å². The van der Waals surface area contributed by atoms with Crippen LogP contribution in [0.2, 0.25) is 0 Å². The molecule has 0 radical (unpaired) electrons. The largest absolute Gasteiger partial charge is 0.480 e. The summed E-state index contributed by atoms with van der Waals surface area (Å²) in [5, 5.41) is 9.44. The minimum Gasteiger partial charge on any atom is -0.480 e. The number of ether oxygens (including phenoxy) is 1. The maximum atomic E-state index is 11.5. The standard InChI is InChI=1S/C12H22O3S/c1-15-9-10-16-12(11(13)14)7-5-3-2-4-6-8-12/h2-10H2,1H3,(H,13,14). The maximum absolute atomic E-state index is 11.5. The quantitative estimate of drug-likeness (QED) is 0.758. The fourth-order valence-corrected chi connectivity index (χ4v) is 3.56. The lowest BCUT2D eigenvalue weighted by Gasteiger charge is -2.30. The molecule has 0 amide bonds. The molecule has 1 rings (SSSR count). The zero-order valence-electron chi connectivity index (χ0n) is 10.0. The normalized spacial score (nSPS) is 21.1. The van der Waals surface area contributed by atoms with Crippen LogP contribution in [0.1, 0.15) is 44.9 Å². The highest BCUT2D eigenvalue weighted by Crippen LogP contribution is 2.38. The monoisotopic (exact) mass is 246 g/mol. The van der Waals surface area contributed by atoms with Gasteiger partial charge in [0, 0.05) is 12.9 Å². The lowest BCUT2D eigenvalue weighted by molar-refractivity contribution is -0.140. The molecule has 0 heterocycles. The summed E-state index contributed by atoms with van der Waals surface area (Å²) in [6, 6.07) is 0. The van der Waals surface area contributed by atoms with E-state index in [1.54, 1.807) is 18.9 Å². The highest BCUT2D eigenvalue weighted by Gasteiger charge is 2.38. The van der Waals surface area contributed by atoms with Crippen molar-refractivity contribution in [2.45, 2.75) is 49.7 Å². The number of hydrogen-bond donors (Lipinski definition) is 1. The van der Waals surface area contributed by atoms with Gasteiger partial charge in [0.25, 0.3) is 0 Å². The molecule has 0 bridgehead atoms. The van der Waals surface area contributed by atoms with Crippen LogP contribution >= 0.6 is 11.8 Å². The van der Waals surface area contributed by atoms with Crippen LogP contribution in [0.3, 0.4) is 0 Å². The Morgan fingerprint density at radius 3 is 2.31 bits per heavy atom. The van der Waals surface area contributed by atoms with Gasteiger partial charge in [-0.2, -0.15) is 0 Å². The van der Waals surface area contributed by atoms with Crippen molar-refractivity contribution in [2.24, 2.45) is 0 Å². The number of carboxylic acids is 1. The van der Waals surface area contributed by atoms with Crippen molar-refractivity contribution in [3.8, 4) is 0 Å². The first-order valence-corrected chi connectivity index (χ1v) is 7.06. The first-order valence-electron chi connectivity index (χ1n) is 6.07. The van der Waals surface area contributed by atoms with Gasteiger partial charge in [-0.3, -0.25) is 4.79 Å². The molecule has 1 fully saturated rings. The highest BCUT2D eigenvalue weighted by atomic mass is 32.2. The molecule has 1 aliphatic carbocycles. The van der Waals surface area contributed by atoms with Crippen LogP contribution in [0.15, 0.2) is 0 Å². The van der Waals surface area contributed by atoms with Crippen molar-refractivity contribution in [1.82, 2.24) is 0 Å². The summed E-state index contributed by atoms with van der Waals surface area (Å²) in [5.74, 6) is 0.151. The van der Waals surface area contributed by atoms with Crippen LogP contribution < -0.4 is 0 Å². The summed E-state index contributed by atoms with van der Waals surface area (Å²) in [4.78, 5) is 11.5. The van der Waals surface area contributed by atoms with Gasteiger partial charge in [0.1, 0.15) is 4.75 Å².